The lowest BCUT2D eigenvalue weighted by atomic mass is 10.2. The molecule has 0 aliphatic carbocycles. The van der Waals surface area contributed by atoms with Crippen molar-refractivity contribution in [3.05, 3.63) is 39.8 Å². The maximum atomic E-state index is 12.8. The molecule has 1 rings (SSSR count). The van der Waals surface area contributed by atoms with Crippen LogP contribution in [0.3, 0.4) is 0 Å². The van der Waals surface area contributed by atoms with E-state index in [-0.39, 0.29) is 22.1 Å². The van der Waals surface area contributed by atoms with Gasteiger partial charge in [0.15, 0.2) is 0 Å². The Morgan fingerprint density at radius 1 is 1.59 bits per heavy atom. The SMILES string of the molecule is C/C(O)=C(\C#N)C(=S)Nc1ccc(F)cc1Br. The van der Waals surface area contributed by atoms with Crippen LogP contribution in [0.4, 0.5) is 10.1 Å². The number of aliphatic hydroxyl groups is 1. The van der Waals surface area contributed by atoms with E-state index < -0.39 is 0 Å². The summed E-state index contributed by atoms with van der Waals surface area (Å²) in [6.45, 7) is 1.37. The number of rotatable bonds is 2. The number of aliphatic hydroxyl groups excluding tert-OH is 1. The zero-order valence-corrected chi connectivity index (χ0v) is 11.2. The summed E-state index contributed by atoms with van der Waals surface area (Å²) in [6, 6.07) is 5.80. The van der Waals surface area contributed by atoms with Crippen molar-refractivity contribution >= 4 is 38.8 Å². The average Bonchev–Trinajstić information content (AvgIpc) is 2.22. The van der Waals surface area contributed by atoms with Gasteiger partial charge in [-0.3, -0.25) is 0 Å². The summed E-state index contributed by atoms with van der Waals surface area (Å²) in [6.07, 6.45) is 0. The summed E-state index contributed by atoms with van der Waals surface area (Å²) < 4.78 is 13.3. The van der Waals surface area contributed by atoms with Gasteiger partial charge in [-0.25, -0.2) is 4.39 Å². The maximum absolute atomic E-state index is 12.8. The molecule has 0 unspecified atom stereocenters. The molecule has 0 fully saturated rings. The summed E-state index contributed by atoms with van der Waals surface area (Å²) in [5, 5.41) is 20.8. The lowest BCUT2D eigenvalue weighted by Gasteiger charge is -2.09. The van der Waals surface area contributed by atoms with Gasteiger partial charge in [0.25, 0.3) is 0 Å². The number of benzene rings is 1. The van der Waals surface area contributed by atoms with Crippen LogP contribution >= 0.6 is 28.1 Å². The van der Waals surface area contributed by atoms with Gasteiger partial charge in [-0.1, -0.05) is 12.2 Å². The number of hydrogen-bond donors (Lipinski definition) is 2. The van der Waals surface area contributed by atoms with Crippen molar-refractivity contribution in [2.24, 2.45) is 0 Å². The molecule has 1 aromatic carbocycles. The van der Waals surface area contributed by atoms with Crippen molar-refractivity contribution in [2.75, 3.05) is 5.32 Å². The van der Waals surface area contributed by atoms with Crippen molar-refractivity contribution in [1.82, 2.24) is 0 Å². The molecule has 3 nitrogen and oxygen atoms in total. The van der Waals surface area contributed by atoms with Crippen molar-refractivity contribution in [3.8, 4) is 6.07 Å². The number of nitrogens with zero attached hydrogens (tertiary/aromatic N) is 1. The fraction of sp³-hybridized carbons (Fsp3) is 0.0909. The third kappa shape index (κ3) is 3.51. The van der Waals surface area contributed by atoms with Crippen LogP contribution in [0.25, 0.3) is 0 Å². The highest BCUT2D eigenvalue weighted by Crippen LogP contribution is 2.23. The smallest absolute Gasteiger partial charge is 0.125 e. The van der Waals surface area contributed by atoms with Crippen LogP contribution in [-0.2, 0) is 0 Å². The van der Waals surface area contributed by atoms with Gasteiger partial charge in [0.1, 0.15) is 28.2 Å². The molecular weight excluding hydrogens is 307 g/mol. The molecule has 0 bridgehead atoms. The Labute approximate surface area is 112 Å². The summed E-state index contributed by atoms with van der Waals surface area (Å²) >= 11 is 8.12. The highest BCUT2D eigenvalue weighted by Gasteiger charge is 2.10. The van der Waals surface area contributed by atoms with Crippen molar-refractivity contribution in [1.29, 1.82) is 5.26 Å². The number of nitrogens with one attached hydrogen (secondary N) is 1. The molecule has 0 amide bonds. The molecule has 0 aromatic heterocycles. The Morgan fingerprint density at radius 2 is 2.24 bits per heavy atom. The normalized spacial score (nSPS) is 11.4. The highest BCUT2D eigenvalue weighted by atomic mass is 79.9. The van der Waals surface area contributed by atoms with Gasteiger partial charge in [-0.15, -0.1) is 0 Å². The van der Waals surface area contributed by atoms with Crippen LogP contribution in [0.2, 0.25) is 0 Å². The van der Waals surface area contributed by atoms with Gasteiger partial charge < -0.3 is 10.4 Å². The maximum Gasteiger partial charge on any atom is 0.125 e. The second-order valence-corrected chi connectivity index (χ2v) is 4.41. The van der Waals surface area contributed by atoms with Crippen LogP contribution in [0.1, 0.15) is 6.92 Å². The molecule has 0 saturated heterocycles. The van der Waals surface area contributed by atoms with Crippen LogP contribution in [0.5, 0.6) is 0 Å². The molecule has 88 valence electrons. The lowest BCUT2D eigenvalue weighted by molar-refractivity contribution is 0.412. The van der Waals surface area contributed by atoms with Crippen LogP contribution < -0.4 is 5.32 Å². The van der Waals surface area contributed by atoms with E-state index >= 15 is 0 Å². The number of hydrogen-bond acceptors (Lipinski definition) is 3. The number of anilines is 1. The van der Waals surface area contributed by atoms with Crippen molar-refractivity contribution in [2.45, 2.75) is 6.92 Å². The average molecular weight is 315 g/mol. The monoisotopic (exact) mass is 314 g/mol. The quantitative estimate of drug-likeness (QED) is 0.378. The van der Waals surface area contributed by atoms with Gasteiger partial charge in [-0.2, -0.15) is 5.26 Å². The minimum atomic E-state index is -0.386. The number of halogens is 2. The summed E-state index contributed by atoms with van der Waals surface area (Å²) in [7, 11) is 0. The molecule has 0 saturated carbocycles. The van der Waals surface area contributed by atoms with E-state index in [1.807, 2.05) is 0 Å². The molecule has 0 radical (unpaired) electrons. The van der Waals surface area contributed by atoms with Crippen LogP contribution in [-0.4, -0.2) is 10.1 Å². The molecule has 6 heteroatoms. The van der Waals surface area contributed by atoms with E-state index in [4.69, 9.17) is 17.5 Å². The Balaban J connectivity index is 2.97. The molecule has 2 N–H and O–H groups in total. The Bertz CT molecular complexity index is 533. The van der Waals surface area contributed by atoms with E-state index in [0.29, 0.717) is 10.2 Å². The first-order valence-electron chi connectivity index (χ1n) is 4.52. The topological polar surface area (TPSA) is 56.0 Å². The minimum absolute atomic E-state index is 0.0174. The van der Waals surface area contributed by atoms with Crippen LogP contribution in [0, 0.1) is 17.1 Å². The van der Waals surface area contributed by atoms with Gasteiger partial charge in [-0.05, 0) is 41.1 Å². The van der Waals surface area contributed by atoms with E-state index in [1.165, 1.54) is 25.1 Å². The van der Waals surface area contributed by atoms with Gasteiger partial charge in [0.05, 0.1) is 5.69 Å². The predicted octanol–water partition coefficient (Wildman–Crippen LogP) is 3.68. The van der Waals surface area contributed by atoms with Crippen molar-refractivity contribution in [3.63, 3.8) is 0 Å². The number of thiocarbonyl (C=S) groups is 1. The third-order valence-corrected chi connectivity index (χ3v) is 2.84. The van der Waals surface area contributed by atoms with E-state index in [0.717, 1.165) is 0 Å². The van der Waals surface area contributed by atoms with Crippen LogP contribution in [0.15, 0.2) is 34.0 Å². The van der Waals surface area contributed by atoms with Crippen molar-refractivity contribution < 1.29 is 9.50 Å². The standard InChI is InChI=1S/C11H8BrFN2OS/c1-6(16)8(5-14)11(17)15-10-3-2-7(13)4-9(10)12/h2-4,16H,1H3,(H,15,17)/b8-6-. The Kier molecular flexibility index (Phi) is 4.61. The molecule has 0 spiro atoms. The second kappa shape index (κ2) is 5.75. The van der Waals surface area contributed by atoms with Gasteiger partial charge in [0, 0.05) is 4.47 Å². The second-order valence-electron chi connectivity index (χ2n) is 3.15. The summed E-state index contributed by atoms with van der Waals surface area (Å²) in [5.74, 6) is -0.550. The Morgan fingerprint density at radius 3 is 2.71 bits per heavy atom. The molecule has 1 aromatic rings. The molecule has 0 aliphatic rings. The predicted molar refractivity (Wildman–Crippen MR) is 71.3 cm³/mol. The molecular formula is C11H8BrFN2OS. The lowest BCUT2D eigenvalue weighted by Crippen LogP contribution is -2.13. The third-order valence-electron chi connectivity index (χ3n) is 1.88. The first-order chi connectivity index (χ1) is 7.95. The minimum Gasteiger partial charge on any atom is -0.511 e. The molecule has 0 heterocycles. The first-order valence-corrected chi connectivity index (χ1v) is 5.72. The largest absolute Gasteiger partial charge is 0.511 e. The van der Waals surface area contributed by atoms with E-state index in [9.17, 15) is 9.50 Å². The highest BCUT2D eigenvalue weighted by molar-refractivity contribution is 9.10. The zero-order chi connectivity index (χ0) is 13.0. The molecule has 0 atom stereocenters. The summed E-state index contributed by atoms with van der Waals surface area (Å²) in [4.78, 5) is 0.0832. The summed E-state index contributed by atoms with van der Waals surface area (Å²) in [5.41, 5.74) is 0.502. The number of allylic oxidation sites excluding steroid dienone is 1. The number of nitriles is 1. The molecule has 0 aliphatic heterocycles. The van der Waals surface area contributed by atoms with Gasteiger partial charge >= 0.3 is 0 Å². The fourth-order valence-electron chi connectivity index (χ4n) is 1.07. The fourth-order valence-corrected chi connectivity index (χ4v) is 1.82. The first kappa shape index (κ1) is 13.6. The van der Waals surface area contributed by atoms with E-state index in [1.54, 1.807) is 6.07 Å². The molecule has 17 heavy (non-hydrogen) atoms. The zero-order valence-electron chi connectivity index (χ0n) is 8.79. The van der Waals surface area contributed by atoms with E-state index in [2.05, 4.69) is 21.2 Å². The van der Waals surface area contributed by atoms with Gasteiger partial charge in [0.2, 0.25) is 0 Å². The Hall–Kier alpha value is -1.45.